The zero-order chi connectivity index (χ0) is 18.5. The fourth-order valence-electron chi connectivity index (χ4n) is 2.37. The first-order valence-corrected chi connectivity index (χ1v) is 8.65. The van der Waals surface area contributed by atoms with Gasteiger partial charge in [0.15, 0.2) is 5.69 Å². The van der Waals surface area contributed by atoms with Crippen LogP contribution in [0.1, 0.15) is 22.5 Å². The summed E-state index contributed by atoms with van der Waals surface area (Å²) in [5.74, 6) is -1.20. The second-order valence-corrected chi connectivity index (χ2v) is 6.37. The van der Waals surface area contributed by atoms with Crippen molar-refractivity contribution in [1.82, 2.24) is 15.5 Å². The van der Waals surface area contributed by atoms with Crippen molar-refractivity contribution in [1.29, 1.82) is 0 Å². The van der Waals surface area contributed by atoms with E-state index < -0.39 is 5.97 Å². The number of nitrogens with one attached hydrogen (secondary N) is 2. The van der Waals surface area contributed by atoms with Gasteiger partial charge in [-0.2, -0.15) is 5.10 Å². The molecule has 2 N–H and O–H groups in total. The lowest BCUT2D eigenvalue weighted by Crippen LogP contribution is -2.27. The number of fused-ring (bicyclic) bond motifs is 1. The summed E-state index contributed by atoms with van der Waals surface area (Å²) in [5, 5.41) is 10.1. The molecule has 0 aliphatic rings. The Morgan fingerprint density at radius 1 is 1.23 bits per heavy atom. The molecule has 134 valence electrons. The van der Waals surface area contributed by atoms with E-state index >= 15 is 0 Å². The molecule has 1 amide bonds. The quantitative estimate of drug-likeness (QED) is 0.600. The van der Waals surface area contributed by atoms with Crippen LogP contribution < -0.4 is 5.32 Å². The van der Waals surface area contributed by atoms with Crippen molar-refractivity contribution in [3.05, 3.63) is 64.0 Å². The number of hydrogen-bond acceptors (Lipinski definition) is 4. The lowest BCUT2D eigenvalue weighted by atomic mass is 10.2. The number of nitrogens with zero attached hydrogens (tertiary/aromatic N) is 1. The predicted molar refractivity (Wildman–Crippen MR) is 96.9 cm³/mol. The fraction of sp³-hybridized carbons (Fsp3) is 0.167. The molecule has 0 saturated heterocycles. The van der Waals surface area contributed by atoms with E-state index in [0.29, 0.717) is 15.4 Å². The summed E-state index contributed by atoms with van der Waals surface area (Å²) in [6.07, 6.45) is 0.0207. The Morgan fingerprint density at radius 3 is 2.85 bits per heavy atom. The van der Waals surface area contributed by atoms with Crippen LogP contribution in [0.5, 0.6) is 0 Å². The number of aromatic amines is 1. The van der Waals surface area contributed by atoms with Gasteiger partial charge < -0.3 is 10.1 Å². The number of esters is 1. The summed E-state index contributed by atoms with van der Waals surface area (Å²) >= 11 is 3.21. The highest BCUT2D eigenvalue weighted by Crippen LogP contribution is 2.19. The van der Waals surface area contributed by atoms with E-state index in [0.717, 1.165) is 5.52 Å². The van der Waals surface area contributed by atoms with E-state index in [4.69, 9.17) is 4.74 Å². The Balaban J connectivity index is 1.47. The highest BCUT2D eigenvalue weighted by atomic mass is 79.9. The van der Waals surface area contributed by atoms with Crippen molar-refractivity contribution in [2.75, 3.05) is 6.54 Å². The summed E-state index contributed by atoms with van der Waals surface area (Å²) in [4.78, 5) is 24.0. The molecule has 1 aromatic heterocycles. The van der Waals surface area contributed by atoms with Crippen LogP contribution in [-0.4, -0.2) is 28.6 Å². The first-order valence-electron chi connectivity index (χ1n) is 7.85. The molecule has 1 heterocycles. The Hall–Kier alpha value is -2.74. The second kappa shape index (κ2) is 8.09. The number of H-pyrrole nitrogens is 1. The molecule has 8 heteroatoms. The third-order valence-electron chi connectivity index (χ3n) is 3.70. The smallest absolute Gasteiger partial charge is 0.307 e. The van der Waals surface area contributed by atoms with Gasteiger partial charge in [0.25, 0.3) is 5.91 Å². The zero-order valence-corrected chi connectivity index (χ0v) is 15.2. The van der Waals surface area contributed by atoms with Gasteiger partial charge in [-0.05, 0) is 18.2 Å². The molecule has 0 bridgehead atoms. The zero-order valence-electron chi connectivity index (χ0n) is 13.6. The van der Waals surface area contributed by atoms with Crippen molar-refractivity contribution in [2.45, 2.75) is 13.0 Å². The van der Waals surface area contributed by atoms with Gasteiger partial charge in [0.2, 0.25) is 0 Å². The molecule has 6 nitrogen and oxygen atoms in total. The molecule has 0 saturated carbocycles. The lowest BCUT2D eigenvalue weighted by Gasteiger charge is -2.07. The van der Waals surface area contributed by atoms with Gasteiger partial charge in [-0.3, -0.25) is 14.7 Å². The topological polar surface area (TPSA) is 84.1 Å². The number of amides is 1. The highest BCUT2D eigenvalue weighted by molar-refractivity contribution is 9.10. The first-order chi connectivity index (χ1) is 12.5. The van der Waals surface area contributed by atoms with E-state index in [1.807, 2.05) is 18.2 Å². The average Bonchev–Trinajstić information content (AvgIpc) is 3.05. The molecule has 2 aromatic carbocycles. The van der Waals surface area contributed by atoms with Crippen molar-refractivity contribution in [2.24, 2.45) is 0 Å². The summed E-state index contributed by atoms with van der Waals surface area (Å²) in [7, 11) is 0. The summed E-state index contributed by atoms with van der Waals surface area (Å²) in [6, 6.07) is 11.4. The van der Waals surface area contributed by atoms with E-state index in [1.54, 1.807) is 6.07 Å². The molecule has 0 atom stereocenters. The Labute approximate surface area is 156 Å². The number of aromatic nitrogens is 2. The minimum atomic E-state index is -0.464. The maximum Gasteiger partial charge on any atom is 0.307 e. The molecule has 3 aromatic rings. The summed E-state index contributed by atoms with van der Waals surface area (Å²) in [5.41, 5.74) is 1.71. The van der Waals surface area contributed by atoms with Crippen LogP contribution in [0.25, 0.3) is 10.9 Å². The van der Waals surface area contributed by atoms with Crippen LogP contribution in [0.2, 0.25) is 0 Å². The minimum absolute atomic E-state index is 0.0207. The van der Waals surface area contributed by atoms with Crippen molar-refractivity contribution >= 4 is 38.7 Å². The number of carbonyl (C=O) groups is 2. The van der Waals surface area contributed by atoms with Crippen LogP contribution in [0, 0.1) is 5.82 Å². The van der Waals surface area contributed by atoms with Gasteiger partial charge in [0, 0.05) is 22.0 Å². The van der Waals surface area contributed by atoms with Gasteiger partial charge in [-0.15, -0.1) is 0 Å². The summed E-state index contributed by atoms with van der Waals surface area (Å²) < 4.78 is 18.7. The number of ether oxygens (including phenoxy) is 1. The molecular formula is C18H15BrFN3O3. The number of para-hydroxylation sites is 1. The van der Waals surface area contributed by atoms with Crippen molar-refractivity contribution in [3.8, 4) is 0 Å². The van der Waals surface area contributed by atoms with Gasteiger partial charge in [0.05, 0.1) is 11.9 Å². The maximum atomic E-state index is 13.0. The number of carbonyl (C=O) groups excluding carboxylic acids is 2. The first kappa shape index (κ1) is 18.1. The SMILES string of the molecule is O=C(CCNC(=O)c1n[nH]c2ccccc12)OCc1ccc(F)cc1Br. The summed E-state index contributed by atoms with van der Waals surface area (Å²) in [6.45, 7) is 0.154. The molecule has 0 unspecified atom stereocenters. The van der Waals surface area contributed by atoms with E-state index in [9.17, 15) is 14.0 Å². The van der Waals surface area contributed by atoms with Crippen LogP contribution >= 0.6 is 15.9 Å². The van der Waals surface area contributed by atoms with Crippen molar-refractivity contribution < 1.29 is 18.7 Å². The lowest BCUT2D eigenvalue weighted by molar-refractivity contribution is -0.144. The van der Waals surface area contributed by atoms with Gasteiger partial charge >= 0.3 is 5.97 Å². The van der Waals surface area contributed by atoms with E-state index in [1.165, 1.54) is 18.2 Å². The minimum Gasteiger partial charge on any atom is -0.461 e. The number of halogens is 2. The van der Waals surface area contributed by atoms with Crippen LogP contribution in [-0.2, 0) is 16.1 Å². The van der Waals surface area contributed by atoms with Crippen LogP contribution in [0.4, 0.5) is 4.39 Å². The number of rotatable bonds is 6. The largest absolute Gasteiger partial charge is 0.461 e. The van der Waals surface area contributed by atoms with Crippen LogP contribution in [0.3, 0.4) is 0 Å². The highest BCUT2D eigenvalue weighted by Gasteiger charge is 2.14. The average molecular weight is 420 g/mol. The molecule has 0 fully saturated rings. The normalized spacial score (nSPS) is 10.7. The third-order valence-corrected chi connectivity index (χ3v) is 4.44. The molecule has 0 aliphatic heterocycles. The molecule has 0 aliphatic carbocycles. The monoisotopic (exact) mass is 419 g/mol. The van der Waals surface area contributed by atoms with Gasteiger partial charge in [0.1, 0.15) is 12.4 Å². The number of benzene rings is 2. The third kappa shape index (κ3) is 4.26. The van der Waals surface area contributed by atoms with Gasteiger partial charge in [-0.25, -0.2) is 4.39 Å². The van der Waals surface area contributed by atoms with Crippen LogP contribution in [0.15, 0.2) is 46.9 Å². The number of hydrogen-bond donors (Lipinski definition) is 2. The van der Waals surface area contributed by atoms with E-state index in [2.05, 4.69) is 31.4 Å². The van der Waals surface area contributed by atoms with Crippen molar-refractivity contribution in [3.63, 3.8) is 0 Å². The van der Waals surface area contributed by atoms with Gasteiger partial charge in [-0.1, -0.05) is 40.2 Å². The predicted octanol–water partition coefficient (Wildman–Crippen LogP) is 3.33. The van der Waals surface area contributed by atoms with E-state index in [-0.39, 0.29) is 37.0 Å². The molecule has 0 radical (unpaired) electrons. The molecule has 26 heavy (non-hydrogen) atoms. The Bertz CT molecular complexity index is 958. The standard InChI is InChI=1S/C18H15BrFN3O3/c19-14-9-12(20)6-5-11(14)10-26-16(24)7-8-21-18(25)17-13-3-1-2-4-15(13)22-23-17/h1-6,9H,7-8,10H2,(H,21,25)(H,22,23). The molecule has 0 spiro atoms. The fourth-order valence-corrected chi connectivity index (χ4v) is 2.83. The molecule has 3 rings (SSSR count). The maximum absolute atomic E-state index is 13.0. The Morgan fingerprint density at radius 2 is 2.04 bits per heavy atom. The second-order valence-electron chi connectivity index (χ2n) is 5.52. The molecular weight excluding hydrogens is 405 g/mol. The Kier molecular flexibility index (Phi) is 5.62.